The molecular formula is C20H12BrF4IN2O4S. The van der Waals surface area contributed by atoms with Crippen molar-refractivity contribution in [3.8, 4) is 5.75 Å². The fourth-order valence-electron chi connectivity index (χ4n) is 2.60. The second-order valence-electron chi connectivity index (χ2n) is 6.39. The van der Waals surface area contributed by atoms with Crippen LogP contribution in [-0.4, -0.2) is 20.7 Å². The summed E-state index contributed by atoms with van der Waals surface area (Å²) in [4.78, 5) is 12.4. The van der Waals surface area contributed by atoms with Crippen molar-refractivity contribution in [3.63, 3.8) is 0 Å². The average molecular weight is 659 g/mol. The number of carbonyl (C=O) groups is 1. The fourth-order valence-corrected chi connectivity index (χ4v) is 4.49. The van der Waals surface area contributed by atoms with Gasteiger partial charge in [0.25, 0.3) is 15.9 Å². The molecule has 0 aromatic heterocycles. The molecule has 0 aliphatic heterocycles. The molecule has 0 saturated carbocycles. The molecule has 1 amide bonds. The molecular weight excluding hydrogens is 647 g/mol. The quantitative estimate of drug-likeness (QED) is 0.246. The maximum Gasteiger partial charge on any atom is 0.573 e. The Labute approximate surface area is 207 Å². The van der Waals surface area contributed by atoms with Gasteiger partial charge in [-0.05, 0) is 83.3 Å². The second kappa shape index (κ2) is 9.85. The number of rotatable bonds is 6. The monoisotopic (exact) mass is 658 g/mol. The highest BCUT2D eigenvalue weighted by Gasteiger charge is 2.31. The van der Waals surface area contributed by atoms with Crippen LogP contribution in [-0.2, 0) is 10.0 Å². The highest BCUT2D eigenvalue weighted by atomic mass is 127. The number of anilines is 2. The third-order valence-corrected chi connectivity index (χ3v) is 6.56. The van der Waals surface area contributed by atoms with E-state index in [1.165, 1.54) is 30.3 Å². The summed E-state index contributed by atoms with van der Waals surface area (Å²) in [5.41, 5.74) is -0.352. The molecule has 0 heterocycles. The minimum Gasteiger partial charge on any atom is -0.406 e. The van der Waals surface area contributed by atoms with E-state index in [-0.39, 0.29) is 21.8 Å². The molecule has 3 aromatic carbocycles. The van der Waals surface area contributed by atoms with Crippen molar-refractivity contribution in [1.29, 1.82) is 0 Å². The van der Waals surface area contributed by atoms with Crippen LogP contribution in [0.3, 0.4) is 0 Å². The predicted octanol–water partition coefficient (Wildman–Crippen LogP) is 6.14. The Hall–Kier alpha value is -2.39. The minimum absolute atomic E-state index is 0.102. The van der Waals surface area contributed by atoms with Gasteiger partial charge in [-0.3, -0.25) is 9.52 Å². The summed E-state index contributed by atoms with van der Waals surface area (Å²) in [6, 6.07) is 11.8. The van der Waals surface area contributed by atoms with Crippen LogP contribution < -0.4 is 14.8 Å². The van der Waals surface area contributed by atoms with Crippen LogP contribution in [0.1, 0.15) is 10.4 Å². The molecule has 0 spiro atoms. The summed E-state index contributed by atoms with van der Waals surface area (Å²) in [7, 11) is -4.29. The van der Waals surface area contributed by atoms with Gasteiger partial charge in [-0.1, -0.05) is 15.9 Å². The number of hydrogen-bond donors (Lipinski definition) is 2. The van der Waals surface area contributed by atoms with Crippen LogP contribution in [0.4, 0.5) is 28.9 Å². The Bertz CT molecular complexity index is 1300. The summed E-state index contributed by atoms with van der Waals surface area (Å²) >= 11 is 5.10. The van der Waals surface area contributed by atoms with Crippen molar-refractivity contribution in [1.82, 2.24) is 0 Å². The number of alkyl halides is 3. The molecule has 0 aliphatic rings. The van der Waals surface area contributed by atoms with Gasteiger partial charge in [0, 0.05) is 8.04 Å². The van der Waals surface area contributed by atoms with Crippen molar-refractivity contribution >= 4 is 65.8 Å². The molecule has 2 N–H and O–H groups in total. The highest BCUT2D eigenvalue weighted by molar-refractivity contribution is 14.1. The Balaban J connectivity index is 1.87. The maximum atomic E-state index is 14.1. The van der Waals surface area contributed by atoms with Crippen LogP contribution in [0.25, 0.3) is 0 Å². The van der Waals surface area contributed by atoms with E-state index in [2.05, 4.69) is 30.7 Å². The van der Waals surface area contributed by atoms with E-state index >= 15 is 0 Å². The van der Waals surface area contributed by atoms with Crippen LogP contribution in [0.2, 0.25) is 0 Å². The molecule has 0 radical (unpaired) electrons. The van der Waals surface area contributed by atoms with Crippen molar-refractivity contribution in [3.05, 3.63) is 80.1 Å². The van der Waals surface area contributed by atoms with Crippen LogP contribution in [0.15, 0.2) is 70.0 Å². The molecule has 0 fully saturated rings. The molecule has 3 aromatic rings. The second-order valence-corrected chi connectivity index (χ2v) is 10.2. The van der Waals surface area contributed by atoms with Gasteiger partial charge in [0.2, 0.25) is 0 Å². The molecule has 0 aliphatic carbocycles. The lowest BCUT2D eigenvalue weighted by Gasteiger charge is -2.14. The van der Waals surface area contributed by atoms with Gasteiger partial charge in [0.15, 0.2) is 0 Å². The third-order valence-electron chi connectivity index (χ3n) is 4.02. The Kier molecular flexibility index (Phi) is 7.53. The van der Waals surface area contributed by atoms with E-state index in [0.717, 1.165) is 24.3 Å². The van der Waals surface area contributed by atoms with Crippen LogP contribution in [0, 0.1) is 9.39 Å². The molecule has 0 unspecified atom stereocenters. The fraction of sp³-hybridized carbons (Fsp3) is 0.0500. The average Bonchev–Trinajstić information content (AvgIpc) is 2.70. The van der Waals surface area contributed by atoms with Crippen LogP contribution >= 0.6 is 38.5 Å². The van der Waals surface area contributed by atoms with E-state index in [4.69, 9.17) is 0 Å². The zero-order valence-electron chi connectivity index (χ0n) is 16.1. The standard InChI is InChI=1S/C20H12BrF4IN2O4S/c21-11-1-7-17(15(9-11)19(29)27-18-8-2-12(26)10-16(18)22)28-33(30,31)14-5-3-13(4-6-14)32-20(23,24)25/h1-10,28H,(H,27,29). The van der Waals surface area contributed by atoms with Crippen molar-refractivity contribution < 1.29 is 35.5 Å². The molecule has 33 heavy (non-hydrogen) atoms. The Morgan fingerprint density at radius 3 is 2.21 bits per heavy atom. The minimum atomic E-state index is -4.92. The van der Waals surface area contributed by atoms with Gasteiger partial charge in [-0.15, -0.1) is 13.2 Å². The van der Waals surface area contributed by atoms with Gasteiger partial charge in [-0.2, -0.15) is 0 Å². The number of sulfonamides is 1. The van der Waals surface area contributed by atoms with Crippen LogP contribution in [0.5, 0.6) is 5.75 Å². The molecule has 0 saturated heterocycles. The van der Waals surface area contributed by atoms with Crippen molar-refractivity contribution in [2.24, 2.45) is 0 Å². The Morgan fingerprint density at radius 1 is 0.970 bits per heavy atom. The number of hydrogen-bond acceptors (Lipinski definition) is 4. The molecule has 3 rings (SSSR count). The SMILES string of the molecule is O=C(Nc1ccc(I)cc1F)c1cc(Br)ccc1NS(=O)(=O)c1ccc(OC(F)(F)F)cc1. The first-order chi connectivity index (χ1) is 15.3. The van der Waals surface area contributed by atoms with E-state index < -0.39 is 33.9 Å². The van der Waals surface area contributed by atoms with Gasteiger partial charge < -0.3 is 10.1 Å². The predicted molar refractivity (Wildman–Crippen MR) is 125 cm³/mol. The topological polar surface area (TPSA) is 84.5 Å². The maximum absolute atomic E-state index is 14.1. The molecule has 6 nitrogen and oxygen atoms in total. The molecule has 13 heteroatoms. The normalized spacial score (nSPS) is 11.7. The van der Waals surface area contributed by atoms with Crippen molar-refractivity contribution in [2.45, 2.75) is 11.3 Å². The number of ether oxygens (including phenoxy) is 1. The lowest BCUT2D eigenvalue weighted by Crippen LogP contribution is -2.19. The lowest BCUT2D eigenvalue weighted by molar-refractivity contribution is -0.274. The first-order valence-corrected chi connectivity index (χ1v) is 12.1. The zero-order valence-corrected chi connectivity index (χ0v) is 20.6. The summed E-state index contributed by atoms with van der Waals surface area (Å²) in [5.74, 6) is -2.05. The number of nitrogens with one attached hydrogen (secondary N) is 2. The summed E-state index contributed by atoms with van der Waals surface area (Å²) < 4.78 is 83.5. The molecule has 0 bridgehead atoms. The number of carbonyl (C=O) groups excluding carboxylic acids is 1. The summed E-state index contributed by atoms with van der Waals surface area (Å²) in [6.45, 7) is 0. The number of halogens is 6. The highest BCUT2D eigenvalue weighted by Crippen LogP contribution is 2.28. The van der Waals surface area contributed by atoms with Gasteiger partial charge in [-0.25, -0.2) is 12.8 Å². The Morgan fingerprint density at radius 2 is 1.61 bits per heavy atom. The van der Waals surface area contributed by atoms with E-state index in [1.54, 1.807) is 6.07 Å². The van der Waals surface area contributed by atoms with E-state index in [1.807, 2.05) is 22.6 Å². The summed E-state index contributed by atoms with van der Waals surface area (Å²) in [5, 5.41) is 2.38. The lowest BCUT2D eigenvalue weighted by atomic mass is 10.1. The number of amides is 1. The largest absolute Gasteiger partial charge is 0.573 e. The smallest absolute Gasteiger partial charge is 0.406 e. The van der Waals surface area contributed by atoms with E-state index in [0.29, 0.717) is 8.04 Å². The molecule has 174 valence electrons. The van der Waals surface area contributed by atoms with E-state index in [9.17, 15) is 30.8 Å². The molecule has 0 atom stereocenters. The first kappa shape index (κ1) is 25.2. The van der Waals surface area contributed by atoms with Gasteiger partial charge in [0.1, 0.15) is 11.6 Å². The number of benzene rings is 3. The third kappa shape index (κ3) is 6.80. The van der Waals surface area contributed by atoms with Crippen molar-refractivity contribution in [2.75, 3.05) is 10.0 Å². The summed E-state index contributed by atoms with van der Waals surface area (Å²) in [6.07, 6.45) is -4.92. The zero-order chi connectivity index (χ0) is 24.4. The van der Waals surface area contributed by atoms with Gasteiger partial charge >= 0.3 is 6.36 Å². The van der Waals surface area contributed by atoms with Gasteiger partial charge in [0.05, 0.1) is 21.8 Å². The first-order valence-electron chi connectivity index (χ1n) is 8.79.